The Morgan fingerprint density at radius 3 is 1.09 bits per heavy atom. The van der Waals surface area contributed by atoms with Crippen LogP contribution in [-0.4, -0.2) is 34.1 Å². The van der Waals surface area contributed by atoms with Gasteiger partial charge in [0.25, 0.3) is 0 Å². The first kappa shape index (κ1) is 49.0. The molecule has 86 heavy (non-hydrogen) atoms. The van der Waals surface area contributed by atoms with Gasteiger partial charge >= 0.3 is 0 Å². The summed E-state index contributed by atoms with van der Waals surface area (Å²) in [5.41, 5.74) is 22.3. The molecular formula is C78H50N8. The Bertz CT molecular complexity index is 4810. The fourth-order valence-corrected chi connectivity index (χ4v) is 13.4. The van der Waals surface area contributed by atoms with Gasteiger partial charge < -0.3 is 0 Å². The molecule has 0 unspecified atom stereocenters. The van der Waals surface area contributed by atoms with E-state index in [1.165, 1.54) is 22.3 Å². The van der Waals surface area contributed by atoms with E-state index < -0.39 is 5.41 Å². The summed E-state index contributed by atoms with van der Waals surface area (Å²) >= 11 is 0. The molecule has 0 bridgehead atoms. The van der Waals surface area contributed by atoms with Crippen molar-refractivity contribution in [1.82, 2.24) is 34.1 Å². The predicted molar refractivity (Wildman–Crippen MR) is 347 cm³/mol. The van der Waals surface area contributed by atoms with E-state index in [0.29, 0.717) is 17.6 Å². The Kier molecular flexibility index (Phi) is 11.3. The molecule has 0 N–H and O–H groups in total. The summed E-state index contributed by atoms with van der Waals surface area (Å²) in [6, 6.07) is 108. The van der Waals surface area contributed by atoms with Crippen LogP contribution >= 0.6 is 0 Å². The number of rotatable bonds is 9. The molecule has 402 valence electrons. The predicted octanol–water partition coefficient (Wildman–Crippen LogP) is 18.7. The van der Waals surface area contributed by atoms with Gasteiger partial charge in [0, 0.05) is 33.6 Å². The molecule has 8 nitrogen and oxygen atoms in total. The zero-order valence-corrected chi connectivity index (χ0v) is 46.4. The Morgan fingerprint density at radius 2 is 0.628 bits per heavy atom. The molecule has 8 heteroatoms. The lowest BCUT2D eigenvalue weighted by Gasteiger charge is -2.44. The summed E-state index contributed by atoms with van der Waals surface area (Å²) in [5.74, 6) is 3.43. The minimum atomic E-state index is -0.824. The van der Waals surface area contributed by atoms with Crippen molar-refractivity contribution >= 4 is 39.4 Å². The number of imidazole rings is 2. The molecule has 2 aliphatic rings. The first-order valence-corrected chi connectivity index (χ1v) is 29.1. The van der Waals surface area contributed by atoms with Gasteiger partial charge in [-0.1, -0.05) is 218 Å². The minimum absolute atomic E-state index is 0.513. The van der Waals surface area contributed by atoms with E-state index in [4.69, 9.17) is 24.9 Å². The van der Waals surface area contributed by atoms with E-state index >= 15 is 0 Å². The summed E-state index contributed by atoms with van der Waals surface area (Å²) < 4.78 is 4.54. The maximum atomic E-state index is 5.49. The van der Waals surface area contributed by atoms with Gasteiger partial charge in [-0.15, -0.1) is 0 Å². The van der Waals surface area contributed by atoms with Gasteiger partial charge in [-0.3, -0.25) is 14.0 Å². The number of fused-ring (bicyclic) bond motifs is 11. The first-order chi connectivity index (χ1) is 42.6. The van der Waals surface area contributed by atoms with E-state index in [1.54, 1.807) is 0 Å². The Labute approximate surface area is 497 Å². The second-order valence-electron chi connectivity index (χ2n) is 22.0. The number of para-hydroxylation sites is 6. The van der Waals surface area contributed by atoms with Crippen molar-refractivity contribution in [1.29, 1.82) is 0 Å². The van der Waals surface area contributed by atoms with Crippen LogP contribution < -0.4 is 4.90 Å². The number of nitrogens with zero attached hydrogens (tertiary/aromatic N) is 8. The van der Waals surface area contributed by atoms with Crippen molar-refractivity contribution in [2.45, 2.75) is 5.41 Å². The summed E-state index contributed by atoms with van der Waals surface area (Å²) in [6.45, 7) is 0. The van der Waals surface area contributed by atoms with Crippen molar-refractivity contribution in [3.8, 4) is 90.3 Å². The van der Waals surface area contributed by atoms with Crippen LogP contribution in [0.25, 0.3) is 112 Å². The maximum Gasteiger partial charge on any atom is 0.238 e. The molecule has 0 atom stereocenters. The fraction of sp³-hybridized carbons (Fsp3) is 0.0128. The fourth-order valence-electron chi connectivity index (χ4n) is 13.4. The van der Waals surface area contributed by atoms with Gasteiger partial charge in [0.05, 0.1) is 38.9 Å². The molecule has 0 fully saturated rings. The second-order valence-corrected chi connectivity index (χ2v) is 22.0. The van der Waals surface area contributed by atoms with Gasteiger partial charge in [0.2, 0.25) is 5.95 Å². The zero-order valence-electron chi connectivity index (χ0n) is 46.4. The maximum absolute atomic E-state index is 5.49. The molecule has 4 heterocycles. The molecule has 15 aromatic rings. The normalized spacial score (nSPS) is 12.7. The van der Waals surface area contributed by atoms with Crippen LogP contribution in [0, 0.1) is 0 Å². The Hall–Kier alpha value is -11.6. The topological polar surface area (TPSA) is 77.5 Å². The lowest BCUT2D eigenvalue weighted by atomic mass is 9.64. The van der Waals surface area contributed by atoms with E-state index in [9.17, 15) is 0 Å². The number of aromatic nitrogens is 7. The number of hydrogen-bond acceptors (Lipinski definition) is 6. The molecule has 0 saturated carbocycles. The van der Waals surface area contributed by atoms with Crippen LogP contribution in [0.4, 0.5) is 17.3 Å². The van der Waals surface area contributed by atoms with Gasteiger partial charge in [-0.25, -0.2) is 15.0 Å². The third-order valence-electron chi connectivity index (χ3n) is 17.2. The highest BCUT2D eigenvalue weighted by Gasteiger charge is 2.52. The molecule has 17 rings (SSSR count). The summed E-state index contributed by atoms with van der Waals surface area (Å²) in [7, 11) is 0. The quantitative estimate of drug-likeness (QED) is 0.143. The SMILES string of the molecule is c1ccc(-c2nc(-c3ccccc3)nc(N3c4ccc(-c5cccc(-c6nc7ccccc7n6-c6ccccc6)c5)cc4C4(c5ccccc5-c5ccccc54)c4cc(-c5cccc(-c6nc7ccccc7n6-c6ccccc6)c5)ccc43)n2)cc1. The molecular weight excluding hydrogens is 1050 g/mol. The number of benzene rings is 12. The van der Waals surface area contributed by atoms with Crippen molar-refractivity contribution in [3.05, 3.63) is 326 Å². The molecule has 3 aromatic heterocycles. The largest absolute Gasteiger partial charge is 0.292 e. The molecule has 1 aliphatic carbocycles. The summed E-state index contributed by atoms with van der Waals surface area (Å²) in [6.07, 6.45) is 0. The third-order valence-corrected chi connectivity index (χ3v) is 17.2. The highest BCUT2D eigenvalue weighted by molar-refractivity contribution is 5.98. The standard InChI is InChI=1S/C78H50N8/c1-5-23-51(24-6-1)73-81-74(52-25-7-2-8-26-52)83-77(82-73)86-69-45-43-55(53-27-21-29-57(47-53)75-79-67-39-17-19-41-71(67)84(75)59-31-9-3-10-32-59)49-65(69)78(63-37-15-13-35-61(63)62-36-14-16-38-64(62)78)66-50-56(44-46-70(66)86)54-28-22-30-58(48-54)76-80-68-40-18-20-42-72(68)85(76)60-33-11-4-12-34-60/h1-50H. The van der Waals surface area contributed by atoms with E-state index in [2.05, 4.69) is 281 Å². The van der Waals surface area contributed by atoms with Crippen LogP contribution in [0.5, 0.6) is 0 Å². The van der Waals surface area contributed by atoms with Crippen LogP contribution in [0.3, 0.4) is 0 Å². The smallest absolute Gasteiger partial charge is 0.238 e. The van der Waals surface area contributed by atoms with Crippen LogP contribution in [0.15, 0.2) is 303 Å². The monoisotopic (exact) mass is 1100 g/mol. The first-order valence-electron chi connectivity index (χ1n) is 29.1. The van der Waals surface area contributed by atoms with Crippen molar-refractivity contribution in [3.63, 3.8) is 0 Å². The summed E-state index contributed by atoms with van der Waals surface area (Å²) in [4.78, 5) is 29.1. The van der Waals surface area contributed by atoms with Gasteiger partial charge in [0.1, 0.15) is 11.6 Å². The Morgan fingerprint density at radius 1 is 0.256 bits per heavy atom. The summed E-state index contributed by atoms with van der Waals surface area (Å²) in [5, 5.41) is 0. The highest BCUT2D eigenvalue weighted by Crippen LogP contribution is 2.64. The minimum Gasteiger partial charge on any atom is -0.292 e. The van der Waals surface area contributed by atoms with Gasteiger partial charge in [0.15, 0.2) is 11.6 Å². The van der Waals surface area contributed by atoms with Crippen molar-refractivity contribution in [2.75, 3.05) is 4.90 Å². The van der Waals surface area contributed by atoms with E-state index in [1.807, 2.05) is 36.4 Å². The van der Waals surface area contributed by atoms with Crippen molar-refractivity contribution < 1.29 is 0 Å². The van der Waals surface area contributed by atoms with Crippen molar-refractivity contribution in [2.24, 2.45) is 0 Å². The van der Waals surface area contributed by atoms with Gasteiger partial charge in [-0.2, -0.15) is 9.97 Å². The Balaban J connectivity index is 0.927. The van der Waals surface area contributed by atoms with Crippen LogP contribution in [-0.2, 0) is 5.41 Å². The second kappa shape index (κ2) is 19.8. The lowest BCUT2D eigenvalue weighted by molar-refractivity contribution is 0.750. The molecule has 0 saturated heterocycles. The third kappa shape index (κ3) is 7.74. The molecule has 1 aliphatic heterocycles. The highest BCUT2D eigenvalue weighted by atomic mass is 15.3. The molecule has 0 amide bonds. The zero-order chi connectivity index (χ0) is 56.7. The van der Waals surface area contributed by atoms with Gasteiger partial charge in [-0.05, 0) is 141 Å². The number of anilines is 3. The molecule has 12 aromatic carbocycles. The van der Waals surface area contributed by atoms with Crippen LogP contribution in [0.2, 0.25) is 0 Å². The molecule has 1 spiro atoms. The van der Waals surface area contributed by atoms with Crippen LogP contribution in [0.1, 0.15) is 22.3 Å². The van der Waals surface area contributed by atoms with E-state index in [0.717, 1.165) is 112 Å². The van der Waals surface area contributed by atoms with E-state index in [-0.39, 0.29) is 0 Å². The lowest BCUT2D eigenvalue weighted by Crippen LogP contribution is -2.37. The number of hydrogen-bond donors (Lipinski definition) is 0. The molecule has 0 radical (unpaired) electrons. The average molecular weight is 1100 g/mol. The average Bonchev–Trinajstić information content (AvgIpc) is 1.40.